The van der Waals surface area contributed by atoms with Gasteiger partial charge in [-0.2, -0.15) is 5.10 Å². The molecule has 0 aliphatic rings. The Balaban J connectivity index is 1.68. The van der Waals surface area contributed by atoms with Crippen molar-refractivity contribution in [3.05, 3.63) is 47.6 Å². The van der Waals surface area contributed by atoms with Crippen LogP contribution in [0.1, 0.15) is 18.7 Å². The summed E-state index contributed by atoms with van der Waals surface area (Å²) in [5.41, 5.74) is 1.50. The van der Waals surface area contributed by atoms with E-state index in [0.717, 1.165) is 22.1 Å². The standard InChI is InChI=1S/C15H12ClN5O/c1-8(13-5-9-4-10(16)2-3-12(9)22-13)20-14-11-6-19-21-15(11)18-7-17-14/h2-8H,1H3,(H2,17,18,19,20,21). The highest BCUT2D eigenvalue weighted by Gasteiger charge is 2.14. The van der Waals surface area contributed by atoms with Crippen LogP contribution >= 0.6 is 11.6 Å². The van der Waals surface area contributed by atoms with Crippen LogP contribution in [-0.2, 0) is 0 Å². The van der Waals surface area contributed by atoms with E-state index >= 15 is 0 Å². The highest BCUT2D eigenvalue weighted by molar-refractivity contribution is 6.31. The molecule has 0 spiro atoms. The number of nitrogens with zero attached hydrogens (tertiary/aromatic N) is 3. The maximum atomic E-state index is 6.01. The molecule has 3 aromatic heterocycles. The summed E-state index contributed by atoms with van der Waals surface area (Å²) in [6.07, 6.45) is 3.19. The second-order valence-electron chi connectivity index (χ2n) is 5.05. The summed E-state index contributed by atoms with van der Waals surface area (Å²) in [5.74, 6) is 1.53. The topological polar surface area (TPSA) is 79.6 Å². The average molecular weight is 314 g/mol. The lowest BCUT2D eigenvalue weighted by Gasteiger charge is -2.12. The first kappa shape index (κ1) is 13.1. The lowest BCUT2D eigenvalue weighted by molar-refractivity contribution is 0.526. The Morgan fingerprint density at radius 1 is 1.27 bits per heavy atom. The van der Waals surface area contributed by atoms with Crippen LogP contribution in [0.2, 0.25) is 5.02 Å². The molecule has 22 heavy (non-hydrogen) atoms. The molecule has 7 heteroatoms. The van der Waals surface area contributed by atoms with Gasteiger partial charge >= 0.3 is 0 Å². The molecule has 0 saturated heterocycles. The van der Waals surface area contributed by atoms with Crippen molar-refractivity contribution >= 4 is 39.4 Å². The third-order valence-electron chi connectivity index (χ3n) is 3.53. The normalized spacial score (nSPS) is 12.8. The number of nitrogens with one attached hydrogen (secondary N) is 2. The van der Waals surface area contributed by atoms with Crippen LogP contribution in [0.15, 0.2) is 41.2 Å². The molecule has 0 fully saturated rings. The van der Waals surface area contributed by atoms with Crippen molar-refractivity contribution < 1.29 is 4.42 Å². The number of hydrogen-bond donors (Lipinski definition) is 2. The van der Waals surface area contributed by atoms with Gasteiger partial charge in [0.05, 0.1) is 17.6 Å². The third kappa shape index (κ3) is 2.17. The minimum Gasteiger partial charge on any atom is -0.459 e. The minimum absolute atomic E-state index is 0.0563. The lowest BCUT2D eigenvalue weighted by Crippen LogP contribution is -2.07. The number of rotatable bonds is 3. The monoisotopic (exact) mass is 313 g/mol. The van der Waals surface area contributed by atoms with Gasteiger partial charge in [-0.3, -0.25) is 5.10 Å². The number of furan rings is 1. The van der Waals surface area contributed by atoms with E-state index in [0.29, 0.717) is 16.5 Å². The fourth-order valence-electron chi connectivity index (χ4n) is 2.40. The third-order valence-corrected chi connectivity index (χ3v) is 3.76. The summed E-state index contributed by atoms with van der Waals surface area (Å²) in [4.78, 5) is 8.39. The fourth-order valence-corrected chi connectivity index (χ4v) is 2.58. The van der Waals surface area contributed by atoms with E-state index in [1.54, 1.807) is 6.20 Å². The van der Waals surface area contributed by atoms with Gasteiger partial charge < -0.3 is 9.73 Å². The molecular formula is C15H12ClN5O. The molecule has 0 aliphatic heterocycles. The Labute approximate surface area is 130 Å². The highest BCUT2D eigenvalue weighted by atomic mass is 35.5. The van der Waals surface area contributed by atoms with E-state index in [1.165, 1.54) is 6.33 Å². The van der Waals surface area contributed by atoms with Crippen LogP contribution in [0.5, 0.6) is 0 Å². The largest absolute Gasteiger partial charge is 0.459 e. The quantitative estimate of drug-likeness (QED) is 0.599. The maximum Gasteiger partial charge on any atom is 0.160 e. The van der Waals surface area contributed by atoms with Crippen LogP contribution in [0.3, 0.4) is 0 Å². The zero-order valence-electron chi connectivity index (χ0n) is 11.7. The SMILES string of the molecule is CC(Nc1ncnc2[nH]ncc12)c1cc2cc(Cl)ccc2o1. The lowest BCUT2D eigenvalue weighted by atomic mass is 10.2. The predicted molar refractivity (Wildman–Crippen MR) is 84.9 cm³/mol. The van der Waals surface area contributed by atoms with Crippen molar-refractivity contribution in [2.75, 3.05) is 5.32 Å². The number of anilines is 1. The van der Waals surface area contributed by atoms with Crippen molar-refractivity contribution in [3.8, 4) is 0 Å². The van der Waals surface area contributed by atoms with E-state index in [4.69, 9.17) is 16.0 Å². The number of fused-ring (bicyclic) bond motifs is 2. The first-order valence-electron chi connectivity index (χ1n) is 6.80. The molecule has 1 aromatic carbocycles. The number of aromatic amines is 1. The molecule has 0 bridgehead atoms. The van der Waals surface area contributed by atoms with E-state index in [2.05, 4.69) is 25.5 Å². The predicted octanol–water partition coefficient (Wildman–Crippen LogP) is 3.93. The molecule has 1 atom stereocenters. The van der Waals surface area contributed by atoms with Crippen LogP contribution in [0.25, 0.3) is 22.0 Å². The van der Waals surface area contributed by atoms with Crippen molar-refractivity contribution in [2.45, 2.75) is 13.0 Å². The van der Waals surface area contributed by atoms with Gasteiger partial charge in [0.1, 0.15) is 23.5 Å². The summed E-state index contributed by atoms with van der Waals surface area (Å²) >= 11 is 6.01. The second kappa shape index (κ2) is 4.99. The smallest absolute Gasteiger partial charge is 0.160 e. The number of H-pyrrole nitrogens is 1. The molecule has 2 N–H and O–H groups in total. The molecule has 0 saturated carbocycles. The van der Waals surface area contributed by atoms with Gasteiger partial charge in [-0.15, -0.1) is 0 Å². The van der Waals surface area contributed by atoms with Crippen LogP contribution < -0.4 is 5.32 Å². The average Bonchev–Trinajstić information content (AvgIpc) is 3.13. The van der Waals surface area contributed by atoms with Gasteiger partial charge in [0, 0.05) is 10.4 Å². The molecule has 6 nitrogen and oxygen atoms in total. The Morgan fingerprint density at radius 3 is 3.09 bits per heavy atom. The second-order valence-corrected chi connectivity index (χ2v) is 5.49. The Bertz CT molecular complexity index is 961. The molecule has 110 valence electrons. The van der Waals surface area contributed by atoms with Gasteiger partial charge in [0.25, 0.3) is 0 Å². The van der Waals surface area contributed by atoms with Crippen LogP contribution in [0.4, 0.5) is 5.82 Å². The van der Waals surface area contributed by atoms with E-state index in [1.807, 2.05) is 31.2 Å². The maximum absolute atomic E-state index is 6.01. The highest BCUT2D eigenvalue weighted by Crippen LogP contribution is 2.29. The first-order chi connectivity index (χ1) is 10.7. The molecule has 1 unspecified atom stereocenters. The Morgan fingerprint density at radius 2 is 2.18 bits per heavy atom. The van der Waals surface area contributed by atoms with E-state index in [-0.39, 0.29) is 6.04 Å². The van der Waals surface area contributed by atoms with Gasteiger partial charge in [-0.25, -0.2) is 9.97 Å². The Kier molecular flexibility index (Phi) is 2.97. The number of aromatic nitrogens is 4. The van der Waals surface area contributed by atoms with Gasteiger partial charge in [0.2, 0.25) is 0 Å². The summed E-state index contributed by atoms with van der Waals surface area (Å²) in [6.45, 7) is 2.01. The summed E-state index contributed by atoms with van der Waals surface area (Å²) < 4.78 is 5.86. The molecule has 4 rings (SSSR count). The number of halogens is 1. The van der Waals surface area contributed by atoms with Crippen molar-refractivity contribution in [1.82, 2.24) is 20.2 Å². The Hall–Kier alpha value is -2.60. The van der Waals surface area contributed by atoms with Crippen molar-refractivity contribution in [2.24, 2.45) is 0 Å². The minimum atomic E-state index is -0.0563. The molecule has 0 aliphatic carbocycles. The molecule has 0 amide bonds. The number of hydrogen-bond acceptors (Lipinski definition) is 5. The van der Waals surface area contributed by atoms with Crippen LogP contribution in [-0.4, -0.2) is 20.2 Å². The van der Waals surface area contributed by atoms with E-state index in [9.17, 15) is 0 Å². The summed E-state index contributed by atoms with van der Waals surface area (Å²) in [7, 11) is 0. The fraction of sp³-hybridized carbons (Fsp3) is 0.133. The zero-order chi connectivity index (χ0) is 15.1. The number of benzene rings is 1. The van der Waals surface area contributed by atoms with Crippen molar-refractivity contribution in [1.29, 1.82) is 0 Å². The zero-order valence-corrected chi connectivity index (χ0v) is 12.4. The summed E-state index contributed by atoms with van der Waals surface area (Å²) in [5, 5.41) is 12.6. The molecule has 3 heterocycles. The molecular weight excluding hydrogens is 302 g/mol. The molecule has 0 radical (unpaired) electrons. The van der Waals surface area contributed by atoms with Gasteiger partial charge in [0.15, 0.2) is 5.65 Å². The van der Waals surface area contributed by atoms with E-state index < -0.39 is 0 Å². The summed E-state index contributed by atoms with van der Waals surface area (Å²) in [6, 6.07) is 7.49. The first-order valence-corrected chi connectivity index (χ1v) is 7.18. The van der Waals surface area contributed by atoms with Gasteiger partial charge in [-0.1, -0.05) is 11.6 Å². The van der Waals surface area contributed by atoms with Gasteiger partial charge in [-0.05, 0) is 31.2 Å². The van der Waals surface area contributed by atoms with Crippen molar-refractivity contribution in [3.63, 3.8) is 0 Å². The van der Waals surface area contributed by atoms with Crippen LogP contribution in [0, 0.1) is 0 Å². The molecule has 4 aromatic rings.